The van der Waals surface area contributed by atoms with Gasteiger partial charge in [-0.2, -0.15) is 0 Å². The van der Waals surface area contributed by atoms with Gasteiger partial charge in [-0.3, -0.25) is 4.79 Å². The molecule has 29 heavy (non-hydrogen) atoms. The Morgan fingerprint density at radius 1 is 1.07 bits per heavy atom. The van der Waals surface area contributed by atoms with Crippen molar-refractivity contribution in [2.45, 2.75) is 26.8 Å². The number of hydrogen-bond donors (Lipinski definition) is 0. The fourth-order valence-electron chi connectivity index (χ4n) is 3.60. The molecule has 0 fully saturated rings. The molecule has 1 heterocycles. The maximum absolute atomic E-state index is 13.2. The minimum Gasteiger partial charge on any atom is -0.493 e. The molecule has 1 amide bonds. The lowest BCUT2D eigenvalue weighted by molar-refractivity contribution is 0.0798. The predicted octanol–water partition coefficient (Wildman–Crippen LogP) is 4.63. The molecule has 1 aromatic heterocycles. The molecule has 5 nitrogen and oxygen atoms in total. The molecule has 0 radical (unpaired) electrons. The maximum Gasteiger partial charge on any atom is 0.255 e. The summed E-state index contributed by atoms with van der Waals surface area (Å²) >= 11 is 0. The van der Waals surface area contributed by atoms with Gasteiger partial charge in [-0.05, 0) is 36.1 Å². The molecule has 0 bridgehead atoms. The van der Waals surface area contributed by atoms with Crippen molar-refractivity contribution in [2.24, 2.45) is 5.92 Å². The number of carbonyl (C=O) groups is 1. The van der Waals surface area contributed by atoms with E-state index in [1.54, 1.807) is 19.1 Å². The van der Waals surface area contributed by atoms with Crippen LogP contribution >= 0.6 is 0 Å². The topological polar surface area (TPSA) is 43.7 Å². The van der Waals surface area contributed by atoms with Crippen molar-refractivity contribution in [3.8, 4) is 11.5 Å². The number of aromatic nitrogens is 1. The van der Waals surface area contributed by atoms with Crippen LogP contribution < -0.4 is 9.47 Å². The van der Waals surface area contributed by atoms with Crippen LogP contribution in [0, 0.1) is 5.92 Å². The fourth-order valence-corrected chi connectivity index (χ4v) is 3.60. The highest BCUT2D eigenvalue weighted by atomic mass is 16.5. The third kappa shape index (κ3) is 4.56. The molecule has 2 aromatic carbocycles. The zero-order valence-corrected chi connectivity index (χ0v) is 17.9. The number of carbonyl (C=O) groups excluding carboxylic acids is 1. The van der Waals surface area contributed by atoms with E-state index >= 15 is 0 Å². The van der Waals surface area contributed by atoms with Crippen LogP contribution in [0.3, 0.4) is 0 Å². The minimum absolute atomic E-state index is 0.0455. The van der Waals surface area contributed by atoms with Crippen LogP contribution in [0.15, 0.2) is 48.7 Å². The third-order valence-electron chi connectivity index (χ3n) is 5.11. The van der Waals surface area contributed by atoms with E-state index in [0.29, 0.717) is 24.0 Å². The van der Waals surface area contributed by atoms with Gasteiger partial charge in [0.25, 0.3) is 5.91 Å². The number of amides is 1. The number of benzene rings is 2. The van der Waals surface area contributed by atoms with E-state index in [2.05, 4.69) is 24.5 Å². The highest BCUT2D eigenvalue weighted by Crippen LogP contribution is 2.28. The summed E-state index contributed by atoms with van der Waals surface area (Å²) in [6, 6.07) is 14.0. The average Bonchev–Trinajstić information content (AvgIpc) is 3.09. The van der Waals surface area contributed by atoms with Gasteiger partial charge in [-0.1, -0.05) is 38.1 Å². The summed E-state index contributed by atoms with van der Waals surface area (Å²) in [5, 5.41) is 1.01. The monoisotopic (exact) mass is 394 g/mol. The molecule has 154 valence electrons. The Balaban J connectivity index is 1.77. The Morgan fingerprint density at radius 3 is 2.48 bits per heavy atom. The number of hydrogen-bond acceptors (Lipinski definition) is 3. The SMILES string of the molecule is COc1ccc(CCN(C)C(=O)c2cn(CC(C)C)c3ccccc23)cc1OC. The minimum atomic E-state index is 0.0455. The average molecular weight is 395 g/mol. The van der Waals surface area contributed by atoms with Gasteiger partial charge in [0, 0.05) is 37.2 Å². The van der Waals surface area contributed by atoms with Crippen LogP contribution in [-0.2, 0) is 13.0 Å². The highest BCUT2D eigenvalue weighted by Gasteiger charge is 2.19. The highest BCUT2D eigenvalue weighted by molar-refractivity contribution is 6.06. The molecule has 3 aromatic rings. The number of ether oxygens (including phenoxy) is 2. The van der Waals surface area contributed by atoms with Crippen LogP contribution in [-0.4, -0.2) is 43.2 Å². The summed E-state index contributed by atoms with van der Waals surface area (Å²) < 4.78 is 12.9. The first-order valence-electron chi connectivity index (χ1n) is 9.98. The summed E-state index contributed by atoms with van der Waals surface area (Å²) in [5.41, 5.74) is 2.97. The summed E-state index contributed by atoms with van der Waals surface area (Å²) in [6.07, 6.45) is 2.74. The molecule has 0 saturated heterocycles. The Morgan fingerprint density at radius 2 is 1.79 bits per heavy atom. The normalized spacial score (nSPS) is 11.1. The fraction of sp³-hybridized carbons (Fsp3) is 0.375. The number of nitrogens with zero attached hydrogens (tertiary/aromatic N) is 2. The summed E-state index contributed by atoms with van der Waals surface area (Å²) in [7, 11) is 5.11. The van der Waals surface area contributed by atoms with Crippen LogP contribution in [0.25, 0.3) is 10.9 Å². The number of methoxy groups -OCH3 is 2. The van der Waals surface area contributed by atoms with Gasteiger partial charge in [0.2, 0.25) is 0 Å². The lowest BCUT2D eigenvalue weighted by Crippen LogP contribution is -2.28. The van der Waals surface area contributed by atoms with E-state index in [4.69, 9.17) is 9.47 Å². The molecule has 0 unspecified atom stereocenters. The second-order valence-electron chi connectivity index (χ2n) is 7.77. The summed E-state index contributed by atoms with van der Waals surface area (Å²) in [5.74, 6) is 1.97. The molecular weight excluding hydrogens is 364 g/mol. The second kappa shape index (κ2) is 9.03. The molecule has 0 N–H and O–H groups in total. The van der Waals surface area contributed by atoms with E-state index in [-0.39, 0.29) is 5.91 Å². The molecule has 0 atom stereocenters. The molecular formula is C24H30N2O3. The first-order chi connectivity index (χ1) is 13.9. The van der Waals surface area contributed by atoms with Crippen molar-refractivity contribution >= 4 is 16.8 Å². The van der Waals surface area contributed by atoms with Gasteiger partial charge in [-0.15, -0.1) is 0 Å². The molecule has 0 saturated carbocycles. The number of para-hydroxylation sites is 1. The molecule has 0 spiro atoms. The van der Waals surface area contributed by atoms with E-state index < -0.39 is 0 Å². The van der Waals surface area contributed by atoms with Crippen molar-refractivity contribution in [1.29, 1.82) is 0 Å². The van der Waals surface area contributed by atoms with Gasteiger partial charge in [0.05, 0.1) is 19.8 Å². The maximum atomic E-state index is 13.2. The first-order valence-corrected chi connectivity index (χ1v) is 9.98. The van der Waals surface area contributed by atoms with Crippen molar-refractivity contribution in [3.63, 3.8) is 0 Å². The standard InChI is InChI=1S/C24H30N2O3/c1-17(2)15-26-16-20(19-8-6-7-9-21(19)26)24(27)25(3)13-12-18-10-11-22(28-4)23(14-18)29-5/h6-11,14,16-17H,12-13,15H2,1-5H3. The number of fused-ring (bicyclic) bond motifs is 1. The quantitative estimate of drug-likeness (QED) is 0.559. The van der Waals surface area contributed by atoms with E-state index in [1.807, 2.05) is 49.6 Å². The smallest absolute Gasteiger partial charge is 0.255 e. The summed E-state index contributed by atoms with van der Waals surface area (Å²) in [4.78, 5) is 15.0. The van der Waals surface area contributed by atoms with Gasteiger partial charge >= 0.3 is 0 Å². The van der Waals surface area contributed by atoms with Crippen LogP contribution in [0.1, 0.15) is 29.8 Å². The Bertz CT molecular complexity index is 991. The van der Waals surface area contributed by atoms with Crippen molar-refractivity contribution in [3.05, 3.63) is 59.8 Å². The molecule has 0 aliphatic carbocycles. The third-order valence-corrected chi connectivity index (χ3v) is 5.11. The molecule has 5 heteroatoms. The lowest BCUT2D eigenvalue weighted by atomic mass is 10.1. The zero-order chi connectivity index (χ0) is 21.0. The van der Waals surface area contributed by atoms with Crippen LogP contribution in [0.5, 0.6) is 11.5 Å². The van der Waals surface area contributed by atoms with Gasteiger partial charge in [0.1, 0.15) is 0 Å². The second-order valence-corrected chi connectivity index (χ2v) is 7.77. The first kappa shape index (κ1) is 20.8. The van der Waals surface area contributed by atoms with E-state index in [9.17, 15) is 4.79 Å². The Hall–Kier alpha value is -2.95. The molecule has 0 aliphatic heterocycles. The molecule has 3 rings (SSSR count). The van der Waals surface area contributed by atoms with Crippen molar-refractivity contribution < 1.29 is 14.3 Å². The predicted molar refractivity (Wildman–Crippen MR) is 117 cm³/mol. The van der Waals surface area contributed by atoms with E-state index in [0.717, 1.165) is 35.0 Å². The molecule has 0 aliphatic rings. The van der Waals surface area contributed by atoms with Crippen LogP contribution in [0.4, 0.5) is 0 Å². The zero-order valence-electron chi connectivity index (χ0n) is 17.9. The van der Waals surface area contributed by atoms with Crippen molar-refractivity contribution in [1.82, 2.24) is 9.47 Å². The van der Waals surface area contributed by atoms with E-state index in [1.165, 1.54) is 0 Å². The van der Waals surface area contributed by atoms with Gasteiger partial charge in [-0.25, -0.2) is 0 Å². The Kier molecular flexibility index (Phi) is 6.47. The largest absolute Gasteiger partial charge is 0.493 e. The van der Waals surface area contributed by atoms with Gasteiger partial charge in [0.15, 0.2) is 11.5 Å². The van der Waals surface area contributed by atoms with Crippen LogP contribution in [0.2, 0.25) is 0 Å². The Labute approximate surface area is 172 Å². The lowest BCUT2D eigenvalue weighted by Gasteiger charge is -2.17. The summed E-state index contributed by atoms with van der Waals surface area (Å²) in [6.45, 7) is 5.89. The number of likely N-dealkylation sites (N-methyl/N-ethyl adjacent to an activating group) is 1. The number of rotatable bonds is 8. The van der Waals surface area contributed by atoms with Crippen molar-refractivity contribution in [2.75, 3.05) is 27.8 Å². The van der Waals surface area contributed by atoms with Gasteiger partial charge < -0.3 is 18.9 Å².